The van der Waals surface area contributed by atoms with E-state index in [-0.39, 0.29) is 0 Å². The molecule has 1 aliphatic rings. The summed E-state index contributed by atoms with van der Waals surface area (Å²) in [7, 11) is 0. The molecule has 0 aromatic heterocycles. The van der Waals surface area contributed by atoms with Gasteiger partial charge in [0.05, 0.1) is 0 Å². The first-order valence-corrected chi connectivity index (χ1v) is 7.11. The number of hydrogen-bond donors (Lipinski definition) is 1. The van der Waals surface area contributed by atoms with E-state index in [1.807, 2.05) is 0 Å². The predicted octanol–water partition coefficient (Wildman–Crippen LogP) is 3.32. The molecule has 2 nitrogen and oxygen atoms in total. The van der Waals surface area contributed by atoms with Gasteiger partial charge in [0, 0.05) is 0 Å². The van der Waals surface area contributed by atoms with Crippen molar-refractivity contribution in [2.75, 3.05) is 13.1 Å². The minimum absolute atomic E-state index is 0.389. The second-order valence-corrected chi connectivity index (χ2v) is 5.82. The van der Waals surface area contributed by atoms with Gasteiger partial charge in [-0.3, -0.25) is 0 Å². The molecule has 0 spiro atoms. The Labute approximate surface area is 111 Å². The third kappa shape index (κ3) is 4.02. The zero-order valence-corrected chi connectivity index (χ0v) is 11.8. The third-order valence-corrected chi connectivity index (χ3v) is 3.34. The maximum absolute atomic E-state index is 6.12. The van der Waals surface area contributed by atoms with Crippen molar-refractivity contribution in [2.24, 2.45) is 5.92 Å². The maximum Gasteiger partial charge on any atom is 0.120 e. The van der Waals surface area contributed by atoms with Crippen LogP contribution in [0.3, 0.4) is 0 Å². The minimum atomic E-state index is 0.389. The average Bonchev–Trinajstić information content (AvgIpc) is 2.28. The lowest BCUT2D eigenvalue weighted by Gasteiger charge is -2.24. The summed E-state index contributed by atoms with van der Waals surface area (Å²) in [5.41, 5.74) is 2.70. The van der Waals surface area contributed by atoms with Crippen LogP contribution in [0.5, 0.6) is 5.75 Å². The second-order valence-electron chi connectivity index (χ2n) is 5.82. The van der Waals surface area contributed by atoms with E-state index in [9.17, 15) is 0 Å². The highest BCUT2D eigenvalue weighted by molar-refractivity contribution is 5.34. The van der Waals surface area contributed by atoms with Crippen LogP contribution in [-0.4, -0.2) is 19.2 Å². The molecule has 2 rings (SSSR count). The molecule has 0 atom stereocenters. The number of nitrogens with one attached hydrogen (secondary N) is 1. The molecule has 0 unspecified atom stereocenters. The summed E-state index contributed by atoms with van der Waals surface area (Å²) in [4.78, 5) is 0. The van der Waals surface area contributed by atoms with Gasteiger partial charge in [-0.2, -0.15) is 0 Å². The zero-order valence-electron chi connectivity index (χ0n) is 11.8. The van der Waals surface area contributed by atoms with Crippen molar-refractivity contribution >= 4 is 0 Å². The SMILES string of the molecule is Cc1cc(CC(C)C)cc(OC2CCNCC2)c1. The summed E-state index contributed by atoms with van der Waals surface area (Å²) in [6.07, 6.45) is 3.76. The van der Waals surface area contributed by atoms with Crippen LogP contribution in [0, 0.1) is 12.8 Å². The zero-order chi connectivity index (χ0) is 13.0. The van der Waals surface area contributed by atoms with Gasteiger partial charge in [-0.15, -0.1) is 0 Å². The van der Waals surface area contributed by atoms with Crippen LogP contribution in [0.15, 0.2) is 18.2 Å². The standard InChI is InChI=1S/C16H25NO/c1-12(2)8-14-9-13(3)10-16(11-14)18-15-4-6-17-7-5-15/h9-12,15,17H,4-8H2,1-3H3. The van der Waals surface area contributed by atoms with Crippen molar-refractivity contribution in [3.05, 3.63) is 29.3 Å². The van der Waals surface area contributed by atoms with Crippen molar-refractivity contribution in [1.29, 1.82) is 0 Å². The Kier molecular flexibility index (Phi) is 4.65. The van der Waals surface area contributed by atoms with E-state index in [4.69, 9.17) is 4.74 Å². The fourth-order valence-electron chi connectivity index (χ4n) is 2.59. The van der Waals surface area contributed by atoms with Crippen LogP contribution in [0.4, 0.5) is 0 Å². The molecule has 0 amide bonds. The smallest absolute Gasteiger partial charge is 0.120 e. The van der Waals surface area contributed by atoms with Crippen molar-refractivity contribution in [3.63, 3.8) is 0 Å². The summed E-state index contributed by atoms with van der Waals surface area (Å²) in [6, 6.07) is 6.65. The van der Waals surface area contributed by atoms with Crippen molar-refractivity contribution < 1.29 is 4.74 Å². The first kappa shape index (κ1) is 13.4. The molecule has 1 heterocycles. The van der Waals surface area contributed by atoms with Gasteiger partial charge in [0.1, 0.15) is 11.9 Å². The van der Waals surface area contributed by atoms with E-state index in [0.29, 0.717) is 12.0 Å². The normalized spacial score (nSPS) is 17.1. The number of aryl methyl sites for hydroxylation is 1. The van der Waals surface area contributed by atoms with E-state index in [2.05, 4.69) is 44.3 Å². The van der Waals surface area contributed by atoms with Crippen LogP contribution in [0.25, 0.3) is 0 Å². The quantitative estimate of drug-likeness (QED) is 0.881. The lowest BCUT2D eigenvalue weighted by atomic mass is 10.0. The average molecular weight is 247 g/mol. The molecule has 0 radical (unpaired) electrons. The Bertz CT molecular complexity index is 381. The van der Waals surface area contributed by atoms with E-state index in [1.54, 1.807) is 0 Å². The molecule has 0 bridgehead atoms. The Hall–Kier alpha value is -1.02. The number of rotatable bonds is 4. The molecular weight excluding hydrogens is 222 g/mol. The largest absolute Gasteiger partial charge is 0.490 e. The Morgan fingerprint density at radius 3 is 2.61 bits per heavy atom. The molecule has 1 aromatic rings. The number of hydrogen-bond acceptors (Lipinski definition) is 2. The summed E-state index contributed by atoms with van der Waals surface area (Å²) in [5, 5.41) is 3.37. The van der Waals surface area contributed by atoms with Gasteiger partial charge < -0.3 is 10.1 Å². The molecule has 100 valence electrons. The van der Waals surface area contributed by atoms with E-state index >= 15 is 0 Å². The summed E-state index contributed by atoms with van der Waals surface area (Å²) >= 11 is 0. The van der Waals surface area contributed by atoms with E-state index in [0.717, 1.165) is 38.1 Å². The molecule has 1 N–H and O–H groups in total. The fourth-order valence-corrected chi connectivity index (χ4v) is 2.59. The summed E-state index contributed by atoms with van der Waals surface area (Å²) in [6.45, 7) is 8.83. The van der Waals surface area contributed by atoms with Gasteiger partial charge >= 0.3 is 0 Å². The Morgan fingerprint density at radius 2 is 1.94 bits per heavy atom. The van der Waals surface area contributed by atoms with Crippen LogP contribution in [0.1, 0.15) is 37.8 Å². The Balaban J connectivity index is 2.04. The summed E-state index contributed by atoms with van der Waals surface area (Å²) in [5.74, 6) is 1.75. The molecular formula is C16H25NO. The monoisotopic (exact) mass is 247 g/mol. The highest BCUT2D eigenvalue weighted by Gasteiger charge is 2.14. The minimum Gasteiger partial charge on any atom is -0.490 e. The van der Waals surface area contributed by atoms with Crippen molar-refractivity contribution in [1.82, 2.24) is 5.32 Å². The van der Waals surface area contributed by atoms with Gasteiger partial charge in [0.15, 0.2) is 0 Å². The Morgan fingerprint density at radius 1 is 1.22 bits per heavy atom. The molecule has 0 aliphatic carbocycles. The molecule has 1 aliphatic heterocycles. The maximum atomic E-state index is 6.12. The van der Waals surface area contributed by atoms with E-state index < -0.39 is 0 Å². The van der Waals surface area contributed by atoms with Crippen LogP contribution < -0.4 is 10.1 Å². The molecule has 1 saturated heterocycles. The third-order valence-electron chi connectivity index (χ3n) is 3.34. The van der Waals surface area contributed by atoms with Crippen LogP contribution in [-0.2, 0) is 6.42 Å². The van der Waals surface area contributed by atoms with Gasteiger partial charge in [0.25, 0.3) is 0 Å². The first-order valence-electron chi connectivity index (χ1n) is 7.11. The second kappa shape index (κ2) is 6.24. The fraction of sp³-hybridized carbons (Fsp3) is 0.625. The molecule has 18 heavy (non-hydrogen) atoms. The topological polar surface area (TPSA) is 21.3 Å². The first-order chi connectivity index (χ1) is 8.63. The van der Waals surface area contributed by atoms with Gasteiger partial charge in [0.2, 0.25) is 0 Å². The van der Waals surface area contributed by atoms with Crippen LogP contribution in [0.2, 0.25) is 0 Å². The van der Waals surface area contributed by atoms with Gasteiger partial charge in [-0.1, -0.05) is 19.9 Å². The van der Waals surface area contributed by atoms with Gasteiger partial charge in [-0.05, 0) is 68.5 Å². The van der Waals surface area contributed by atoms with Crippen molar-refractivity contribution in [2.45, 2.75) is 46.1 Å². The lowest BCUT2D eigenvalue weighted by Crippen LogP contribution is -2.34. The molecule has 2 heteroatoms. The van der Waals surface area contributed by atoms with Gasteiger partial charge in [-0.25, -0.2) is 0 Å². The molecule has 1 fully saturated rings. The molecule has 1 aromatic carbocycles. The van der Waals surface area contributed by atoms with E-state index in [1.165, 1.54) is 11.1 Å². The number of piperidine rings is 1. The number of benzene rings is 1. The summed E-state index contributed by atoms with van der Waals surface area (Å²) < 4.78 is 6.12. The molecule has 0 saturated carbocycles. The highest BCUT2D eigenvalue weighted by atomic mass is 16.5. The van der Waals surface area contributed by atoms with Crippen molar-refractivity contribution in [3.8, 4) is 5.75 Å². The lowest BCUT2D eigenvalue weighted by molar-refractivity contribution is 0.162. The highest BCUT2D eigenvalue weighted by Crippen LogP contribution is 2.22. The number of ether oxygens (including phenoxy) is 1. The van der Waals surface area contributed by atoms with Crippen LogP contribution >= 0.6 is 0 Å². The predicted molar refractivity (Wildman–Crippen MR) is 76.2 cm³/mol.